The van der Waals surface area contributed by atoms with Crippen LogP contribution in [0.15, 0.2) is 0 Å². The Labute approximate surface area is 82.0 Å². The summed E-state index contributed by atoms with van der Waals surface area (Å²) in [6.45, 7) is 7.45. The van der Waals surface area contributed by atoms with Gasteiger partial charge in [-0.2, -0.15) is 0 Å². The molecule has 1 fully saturated rings. The standard InChI is InChI=1S/C11H22NO/c1-3-4-9-13-10(2)11-5-7-12-8-6-11/h10-11H,3-9H2,1-2H3. The Morgan fingerprint density at radius 3 is 2.69 bits per heavy atom. The van der Waals surface area contributed by atoms with Crippen LogP contribution in [0.3, 0.4) is 0 Å². The third-order valence-electron chi connectivity index (χ3n) is 2.86. The van der Waals surface area contributed by atoms with E-state index in [1.807, 2.05) is 0 Å². The lowest BCUT2D eigenvalue weighted by Crippen LogP contribution is -2.30. The number of hydrogen-bond donors (Lipinski definition) is 0. The maximum atomic E-state index is 5.78. The summed E-state index contributed by atoms with van der Waals surface area (Å²) in [6, 6.07) is 0. The quantitative estimate of drug-likeness (QED) is 0.601. The van der Waals surface area contributed by atoms with Crippen LogP contribution in [0.5, 0.6) is 0 Å². The van der Waals surface area contributed by atoms with E-state index in [0.29, 0.717) is 6.10 Å². The van der Waals surface area contributed by atoms with Crippen molar-refractivity contribution in [2.24, 2.45) is 5.92 Å². The molecule has 1 rings (SSSR count). The van der Waals surface area contributed by atoms with Crippen LogP contribution in [0.1, 0.15) is 39.5 Å². The van der Waals surface area contributed by atoms with Crippen LogP contribution in [0.25, 0.3) is 0 Å². The van der Waals surface area contributed by atoms with Gasteiger partial charge in [-0.3, -0.25) is 0 Å². The van der Waals surface area contributed by atoms with E-state index in [0.717, 1.165) is 25.6 Å². The van der Waals surface area contributed by atoms with Crippen LogP contribution in [0.2, 0.25) is 0 Å². The van der Waals surface area contributed by atoms with Gasteiger partial charge in [0.2, 0.25) is 0 Å². The Hall–Kier alpha value is -0.0800. The van der Waals surface area contributed by atoms with Crippen LogP contribution >= 0.6 is 0 Å². The predicted molar refractivity (Wildman–Crippen MR) is 54.9 cm³/mol. The maximum absolute atomic E-state index is 5.78. The Morgan fingerprint density at radius 1 is 1.38 bits per heavy atom. The van der Waals surface area contributed by atoms with E-state index < -0.39 is 0 Å². The predicted octanol–water partition coefficient (Wildman–Crippen LogP) is 2.21. The molecule has 0 aromatic heterocycles. The van der Waals surface area contributed by atoms with E-state index >= 15 is 0 Å². The average molecular weight is 184 g/mol. The fourth-order valence-electron chi connectivity index (χ4n) is 1.79. The highest BCUT2D eigenvalue weighted by atomic mass is 16.5. The highest BCUT2D eigenvalue weighted by molar-refractivity contribution is 4.73. The van der Waals surface area contributed by atoms with Gasteiger partial charge in [-0.25, -0.2) is 5.32 Å². The number of rotatable bonds is 5. The Morgan fingerprint density at radius 2 is 2.08 bits per heavy atom. The van der Waals surface area contributed by atoms with Gasteiger partial charge in [0, 0.05) is 19.7 Å². The van der Waals surface area contributed by atoms with Crippen molar-refractivity contribution in [2.45, 2.75) is 45.6 Å². The summed E-state index contributed by atoms with van der Waals surface area (Å²) in [5, 5.41) is 4.35. The van der Waals surface area contributed by atoms with Gasteiger partial charge in [-0.1, -0.05) is 13.3 Å². The first-order valence-corrected chi connectivity index (χ1v) is 5.59. The average Bonchev–Trinajstić information content (AvgIpc) is 2.19. The lowest BCUT2D eigenvalue weighted by molar-refractivity contribution is 0.0135. The number of unbranched alkanes of at least 4 members (excludes halogenated alkanes) is 1. The fraction of sp³-hybridized carbons (Fsp3) is 1.00. The van der Waals surface area contributed by atoms with Crippen LogP contribution in [-0.2, 0) is 4.74 Å². The first-order valence-electron chi connectivity index (χ1n) is 5.59. The molecule has 1 heterocycles. The summed E-state index contributed by atoms with van der Waals surface area (Å²) < 4.78 is 5.78. The molecule has 77 valence electrons. The monoisotopic (exact) mass is 184 g/mol. The third kappa shape index (κ3) is 4.10. The minimum Gasteiger partial charge on any atom is -0.378 e. The summed E-state index contributed by atoms with van der Waals surface area (Å²) >= 11 is 0. The highest BCUT2D eigenvalue weighted by Gasteiger charge is 2.20. The summed E-state index contributed by atoms with van der Waals surface area (Å²) in [6.07, 6.45) is 5.33. The maximum Gasteiger partial charge on any atom is 0.0576 e. The molecule has 1 unspecified atom stereocenters. The second-order valence-electron chi connectivity index (χ2n) is 3.94. The van der Waals surface area contributed by atoms with Crippen molar-refractivity contribution >= 4 is 0 Å². The smallest absolute Gasteiger partial charge is 0.0576 e. The van der Waals surface area contributed by atoms with Crippen molar-refractivity contribution in [3.8, 4) is 0 Å². The summed E-state index contributed by atoms with van der Waals surface area (Å²) in [5.41, 5.74) is 0. The molecule has 1 atom stereocenters. The molecule has 1 radical (unpaired) electrons. The van der Waals surface area contributed by atoms with Gasteiger partial charge in [-0.05, 0) is 32.1 Å². The molecule has 0 aromatic carbocycles. The molecule has 0 spiro atoms. The van der Waals surface area contributed by atoms with Crippen LogP contribution in [0, 0.1) is 5.92 Å². The Kier molecular flexibility index (Phi) is 5.40. The molecule has 0 bridgehead atoms. The molecule has 2 heteroatoms. The molecule has 13 heavy (non-hydrogen) atoms. The lowest BCUT2D eigenvalue weighted by atomic mass is 9.93. The van der Waals surface area contributed by atoms with Gasteiger partial charge in [0.15, 0.2) is 0 Å². The molecule has 0 N–H and O–H groups in total. The van der Waals surface area contributed by atoms with Gasteiger partial charge < -0.3 is 4.74 Å². The van der Waals surface area contributed by atoms with Gasteiger partial charge >= 0.3 is 0 Å². The van der Waals surface area contributed by atoms with Crippen LogP contribution in [0.4, 0.5) is 0 Å². The van der Waals surface area contributed by atoms with Crippen molar-refractivity contribution < 1.29 is 4.74 Å². The number of ether oxygens (including phenoxy) is 1. The molecule has 0 aliphatic carbocycles. The fourth-order valence-corrected chi connectivity index (χ4v) is 1.79. The molecule has 1 aliphatic heterocycles. The van der Waals surface area contributed by atoms with E-state index in [1.54, 1.807) is 0 Å². The second-order valence-corrected chi connectivity index (χ2v) is 3.94. The molecule has 1 saturated heterocycles. The molecular weight excluding hydrogens is 162 g/mol. The third-order valence-corrected chi connectivity index (χ3v) is 2.86. The van der Waals surface area contributed by atoms with E-state index in [4.69, 9.17) is 4.74 Å². The SMILES string of the molecule is CCCCOC(C)C1CC[N]CC1. The zero-order valence-corrected chi connectivity index (χ0v) is 8.96. The van der Waals surface area contributed by atoms with Crippen molar-refractivity contribution in [1.29, 1.82) is 0 Å². The molecule has 1 aliphatic rings. The zero-order valence-electron chi connectivity index (χ0n) is 8.96. The van der Waals surface area contributed by atoms with Crippen molar-refractivity contribution in [3.63, 3.8) is 0 Å². The Bertz CT molecular complexity index is 121. The van der Waals surface area contributed by atoms with E-state index in [9.17, 15) is 0 Å². The molecule has 0 amide bonds. The van der Waals surface area contributed by atoms with Gasteiger partial charge in [-0.15, -0.1) is 0 Å². The first-order chi connectivity index (χ1) is 6.34. The molecule has 2 nitrogen and oxygen atoms in total. The van der Waals surface area contributed by atoms with Gasteiger partial charge in [0.1, 0.15) is 0 Å². The second kappa shape index (κ2) is 6.39. The van der Waals surface area contributed by atoms with Gasteiger partial charge in [0.05, 0.1) is 6.10 Å². The topological polar surface area (TPSA) is 23.3 Å². The zero-order chi connectivity index (χ0) is 9.52. The Balaban J connectivity index is 2.09. The van der Waals surface area contributed by atoms with E-state index in [-0.39, 0.29) is 0 Å². The number of piperidine rings is 1. The largest absolute Gasteiger partial charge is 0.378 e. The lowest BCUT2D eigenvalue weighted by Gasteiger charge is -2.27. The molecule has 0 saturated carbocycles. The van der Waals surface area contributed by atoms with Crippen molar-refractivity contribution in [2.75, 3.05) is 19.7 Å². The number of hydrogen-bond acceptors (Lipinski definition) is 1. The van der Waals surface area contributed by atoms with E-state index in [2.05, 4.69) is 19.2 Å². The minimum absolute atomic E-state index is 0.446. The first kappa shape index (κ1) is 11.0. The highest BCUT2D eigenvalue weighted by Crippen LogP contribution is 2.19. The summed E-state index contributed by atoms with van der Waals surface area (Å²) in [5.74, 6) is 0.759. The molecular formula is C11H22NO. The normalized spacial score (nSPS) is 21.7. The molecule has 0 aromatic rings. The minimum atomic E-state index is 0.446. The van der Waals surface area contributed by atoms with E-state index in [1.165, 1.54) is 25.7 Å². The number of nitrogens with zero attached hydrogens (tertiary/aromatic N) is 1. The van der Waals surface area contributed by atoms with Crippen LogP contribution in [-0.4, -0.2) is 25.8 Å². The van der Waals surface area contributed by atoms with Gasteiger partial charge in [0.25, 0.3) is 0 Å². The summed E-state index contributed by atoms with van der Waals surface area (Å²) in [7, 11) is 0. The van der Waals surface area contributed by atoms with Crippen molar-refractivity contribution in [1.82, 2.24) is 5.32 Å². The van der Waals surface area contributed by atoms with Crippen LogP contribution < -0.4 is 5.32 Å². The van der Waals surface area contributed by atoms with Crippen molar-refractivity contribution in [3.05, 3.63) is 0 Å². The summed E-state index contributed by atoms with van der Waals surface area (Å²) in [4.78, 5) is 0.